The molecular formula is C20H27N3O5S. The normalized spacial score (nSPS) is 18.9. The lowest BCUT2D eigenvalue weighted by Crippen LogP contribution is -2.40. The smallest absolute Gasteiger partial charge is 0.236 e. The van der Waals surface area contributed by atoms with E-state index in [0.717, 1.165) is 25.7 Å². The van der Waals surface area contributed by atoms with E-state index in [1.54, 1.807) is 21.1 Å². The Hall–Kier alpha value is -2.42. The van der Waals surface area contributed by atoms with Crippen LogP contribution in [0.1, 0.15) is 37.4 Å². The maximum Gasteiger partial charge on any atom is 0.236 e. The van der Waals surface area contributed by atoms with Crippen molar-refractivity contribution < 1.29 is 23.5 Å². The summed E-state index contributed by atoms with van der Waals surface area (Å²) in [5.74, 6) is 4.05. The van der Waals surface area contributed by atoms with E-state index in [1.165, 1.54) is 11.8 Å². The molecular weight excluding hydrogens is 394 g/mol. The van der Waals surface area contributed by atoms with Gasteiger partial charge in [0.15, 0.2) is 17.3 Å². The van der Waals surface area contributed by atoms with Crippen LogP contribution in [0.25, 0.3) is 0 Å². The van der Waals surface area contributed by atoms with Crippen LogP contribution in [0.5, 0.6) is 17.2 Å². The van der Waals surface area contributed by atoms with Crippen LogP contribution >= 0.6 is 11.8 Å². The molecule has 0 radical (unpaired) electrons. The van der Waals surface area contributed by atoms with E-state index in [0.29, 0.717) is 40.5 Å². The summed E-state index contributed by atoms with van der Waals surface area (Å²) in [4.78, 5) is 16.3. The largest absolute Gasteiger partial charge is 0.493 e. The van der Waals surface area contributed by atoms with Crippen molar-refractivity contribution in [2.45, 2.75) is 50.5 Å². The minimum absolute atomic E-state index is 0.0325. The van der Waals surface area contributed by atoms with Crippen molar-refractivity contribution in [1.82, 2.24) is 15.5 Å². The van der Waals surface area contributed by atoms with Gasteiger partial charge in [-0.2, -0.15) is 4.98 Å². The van der Waals surface area contributed by atoms with Gasteiger partial charge < -0.3 is 24.1 Å². The van der Waals surface area contributed by atoms with E-state index in [4.69, 9.17) is 18.7 Å². The highest BCUT2D eigenvalue weighted by molar-refractivity contribution is 7.99. The third kappa shape index (κ3) is 6.03. The van der Waals surface area contributed by atoms with Crippen LogP contribution in [-0.2, 0) is 10.5 Å². The molecule has 0 atom stereocenters. The lowest BCUT2D eigenvalue weighted by molar-refractivity contribution is -0.119. The molecule has 0 aliphatic heterocycles. The lowest BCUT2D eigenvalue weighted by atomic mass is 9.93. The first-order chi connectivity index (χ1) is 14.1. The third-order valence-electron chi connectivity index (χ3n) is 4.73. The number of aromatic nitrogens is 2. The minimum atomic E-state index is 0.0325. The highest BCUT2D eigenvalue weighted by atomic mass is 32.2. The fourth-order valence-electron chi connectivity index (χ4n) is 3.35. The predicted octanol–water partition coefficient (Wildman–Crippen LogP) is 3.13. The Morgan fingerprint density at radius 2 is 1.97 bits per heavy atom. The lowest BCUT2D eigenvalue weighted by Gasteiger charge is -2.30. The molecule has 2 aromatic rings. The zero-order valence-electron chi connectivity index (χ0n) is 17.0. The monoisotopic (exact) mass is 421 g/mol. The Bertz CT molecular complexity index is 805. The summed E-state index contributed by atoms with van der Waals surface area (Å²) in [6, 6.07) is 5.80. The minimum Gasteiger partial charge on any atom is -0.493 e. The predicted molar refractivity (Wildman–Crippen MR) is 110 cm³/mol. The number of amides is 1. The van der Waals surface area contributed by atoms with Crippen molar-refractivity contribution in [2.75, 3.05) is 20.0 Å². The molecule has 1 aromatic heterocycles. The van der Waals surface area contributed by atoms with E-state index in [-0.39, 0.29) is 18.1 Å². The van der Waals surface area contributed by atoms with Crippen LogP contribution in [0.2, 0.25) is 0 Å². The van der Waals surface area contributed by atoms with Gasteiger partial charge in [-0.3, -0.25) is 4.79 Å². The van der Waals surface area contributed by atoms with Gasteiger partial charge in [0.1, 0.15) is 0 Å². The number of benzene rings is 1. The second-order valence-electron chi connectivity index (χ2n) is 6.88. The summed E-state index contributed by atoms with van der Waals surface area (Å²) in [5.41, 5.74) is 0. The summed E-state index contributed by atoms with van der Waals surface area (Å²) >= 11 is 1.47. The molecule has 0 spiro atoms. The molecule has 1 amide bonds. The van der Waals surface area contributed by atoms with Gasteiger partial charge >= 0.3 is 0 Å². The van der Waals surface area contributed by atoms with Gasteiger partial charge in [0, 0.05) is 6.04 Å². The van der Waals surface area contributed by atoms with Crippen LogP contribution in [0.4, 0.5) is 0 Å². The standard InChI is InChI=1S/C20H27N3O5S/c1-13-21-19(28-23-13)12-29-11-18(24)22-14-7-9-15(10-8-14)27-17-6-4-5-16(25-2)20(17)26-3/h4-6,14-15H,7-12H2,1-3H3,(H,22,24). The second kappa shape index (κ2) is 10.4. The fraction of sp³-hybridized carbons (Fsp3) is 0.550. The van der Waals surface area contributed by atoms with E-state index in [1.807, 2.05) is 18.2 Å². The maximum atomic E-state index is 12.2. The number of para-hydroxylation sites is 1. The molecule has 1 N–H and O–H groups in total. The van der Waals surface area contributed by atoms with Crippen molar-refractivity contribution in [2.24, 2.45) is 0 Å². The topological polar surface area (TPSA) is 95.7 Å². The third-order valence-corrected chi connectivity index (χ3v) is 5.65. The van der Waals surface area contributed by atoms with Gasteiger partial charge in [-0.1, -0.05) is 11.2 Å². The van der Waals surface area contributed by atoms with Crippen molar-refractivity contribution in [3.8, 4) is 17.2 Å². The molecule has 1 saturated carbocycles. The molecule has 8 nitrogen and oxygen atoms in total. The molecule has 1 aliphatic carbocycles. The number of carbonyl (C=O) groups excluding carboxylic acids is 1. The number of nitrogens with zero attached hydrogens (tertiary/aromatic N) is 2. The molecule has 0 bridgehead atoms. The molecule has 1 aliphatic rings. The Balaban J connectivity index is 1.39. The van der Waals surface area contributed by atoms with E-state index in [9.17, 15) is 4.79 Å². The molecule has 0 saturated heterocycles. The summed E-state index contributed by atoms with van der Waals surface area (Å²) in [6.45, 7) is 1.77. The summed E-state index contributed by atoms with van der Waals surface area (Å²) < 4.78 is 21.9. The molecule has 1 aromatic carbocycles. The second-order valence-corrected chi connectivity index (χ2v) is 7.86. The van der Waals surface area contributed by atoms with Crippen LogP contribution in [0.3, 0.4) is 0 Å². The van der Waals surface area contributed by atoms with Crippen LogP contribution < -0.4 is 19.5 Å². The summed E-state index contributed by atoms with van der Waals surface area (Å²) in [5, 5.41) is 6.85. The molecule has 9 heteroatoms. The average Bonchev–Trinajstić information content (AvgIpc) is 3.14. The van der Waals surface area contributed by atoms with Crippen molar-refractivity contribution in [3.63, 3.8) is 0 Å². The van der Waals surface area contributed by atoms with Crippen molar-refractivity contribution >= 4 is 17.7 Å². The number of ether oxygens (including phenoxy) is 3. The first-order valence-corrected chi connectivity index (χ1v) is 10.8. The van der Waals surface area contributed by atoms with Crippen LogP contribution in [0.15, 0.2) is 22.7 Å². The zero-order chi connectivity index (χ0) is 20.6. The summed E-state index contributed by atoms with van der Waals surface area (Å²) in [6.07, 6.45) is 3.62. The van der Waals surface area contributed by atoms with Crippen LogP contribution in [0, 0.1) is 6.92 Å². The van der Waals surface area contributed by atoms with E-state index in [2.05, 4.69) is 15.5 Å². The average molecular weight is 422 g/mol. The SMILES string of the molecule is COc1cccc(OC2CCC(NC(=O)CSCc3nc(C)no3)CC2)c1OC. The van der Waals surface area contributed by atoms with Crippen molar-refractivity contribution in [3.05, 3.63) is 29.9 Å². The number of carbonyl (C=O) groups is 1. The van der Waals surface area contributed by atoms with Gasteiger partial charge in [0.25, 0.3) is 0 Å². The Morgan fingerprint density at radius 3 is 2.62 bits per heavy atom. The molecule has 29 heavy (non-hydrogen) atoms. The van der Waals surface area contributed by atoms with Gasteiger partial charge in [-0.25, -0.2) is 0 Å². The van der Waals surface area contributed by atoms with Gasteiger partial charge in [0.05, 0.1) is 31.8 Å². The molecule has 1 heterocycles. The fourth-order valence-corrected chi connectivity index (χ4v) is 4.02. The first-order valence-electron chi connectivity index (χ1n) is 9.63. The number of aryl methyl sites for hydroxylation is 1. The number of thioether (sulfide) groups is 1. The van der Waals surface area contributed by atoms with Gasteiger partial charge in [-0.15, -0.1) is 11.8 Å². The quantitative estimate of drug-likeness (QED) is 0.660. The highest BCUT2D eigenvalue weighted by Crippen LogP contribution is 2.38. The molecule has 158 valence electrons. The van der Waals surface area contributed by atoms with Gasteiger partial charge in [0.2, 0.25) is 17.5 Å². The Labute approximate surface area is 174 Å². The molecule has 0 unspecified atom stereocenters. The zero-order valence-corrected chi connectivity index (χ0v) is 17.8. The Morgan fingerprint density at radius 1 is 1.21 bits per heavy atom. The molecule has 1 fully saturated rings. The van der Waals surface area contributed by atoms with Crippen molar-refractivity contribution in [1.29, 1.82) is 0 Å². The van der Waals surface area contributed by atoms with Crippen LogP contribution in [-0.4, -0.2) is 48.2 Å². The molecule has 3 rings (SSSR count). The highest BCUT2D eigenvalue weighted by Gasteiger charge is 2.25. The van der Waals surface area contributed by atoms with E-state index >= 15 is 0 Å². The summed E-state index contributed by atoms with van der Waals surface area (Å²) in [7, 11) is 3.21. The number of hydrogen-bond acceptors (Lipinski definition) is 8. The number of hydrogen-bond donors (Lipinski definition) is 1. The number of rotatable bonds is 9. The number of nitrogens with one attached hydrogen (secondary N) is 1. The first kappa shape index (κ1) is 21.3. The number of methoxy groups -OCH3 is 2. The van der Waals surface area contributed by atoms with Gasteiger partial charge in [-0.05, 0) is 44.7 Å². The van der Waals surface area contributed by atoms with E-state index < -0.39 is 0 Å². The Kier molecular flexibility index (Phi) is 7.62. The maximum absolute atomic E-state index is 12.2.